The lowest BCUT2D eigenvalue weighted by atomic mass is 10.0. The van der Waals surface area contributed by atoms with Crippen molar-refractivity contribution in [3.63, 3.8) is 0 Å². The summed E-state index contributed by atoms with van der Waals surface area (Å²) < 4.78 is 0. The SMILES string of the molecule is C=CC/C(=C/C=C(/C)C=C)C(=C)C=N. The first-order valence-electron chi connectivity index (χ1n) is 4.46. The van der Waals surface area contributed by atoms with Crippen molar-refractivity contribution in [3.8, 4) is 0 Å². The molecule has 0 amide bonds. The van der Waals surface area contributed by atoms with E-state index >= 15 is 0 Å². The highest BCUT2D eigenvalue weighted by molar-refractivity contribution is 5.81. The molecule has 0 aromatic carbocycles. The van der Waals surface area contributed by atoms with Gasteiger partial charge < -0.3 is 5.41 Å². The molecule has 0 aliphatic rings. The average molecular weight is 187 g/mol. The van der Waals surface area contributed by atoms with Crippen LogP contribution in [0.4, 0.5) is 0 Å². The van der Waals surface area contributed by atoms with Gasteiger partial charge in [0.2, 0.25) is 0 Å². The van der Waals surface area contributed by atoms with Gasteiger partial charge in [0.1, 0.15) is 0 Å². The van der Waals surface area contributed by atoms with E-state index in [1.807, 2.05) is 19.1 Å². The summed E-state index contributed by atoms with van der Waals surface area (Å²) in [5, 5.41) is 7.11. The molecule has 0 aliphatic carbocycles. The van der Waals surface area contributed by atoms with E-state index in [-0.39, 0.29) is 0 Å². The fourth-order valence-corrected chi connectivity index (χ4v) is 0.854. The molecule has 0 fully saturated rings. The fourth-order valence-electron chi connectivity index (χ4n) is 0.854. The van der Waals surface area contributed by atoms with Gasteiger partial charge in [-0.25, -0.2) is 0 Å². The predicted octanol–water partition coefficient (Wildman–Crippen LogP) is 3.83. The van der Waals surface area contributed by atoms with Gasteiger partial charge in [-0.15, -0.1) is 6.58 Å². The van der Waals surface area contributed by atoms with Gasteiger partial charge in [0.15, 0.2) is 0 Å². The maximum Gasteiger partial charge on any atom is 0.0247 e. The van der Waals surface area contributed by atoms with Crippen molar-refractivity contribution in [1.82, 2.24) is 0 Å². The van der Waals surface area contributed by atoms with Gasteiger partial charge in [0, 0.05) is 6.21 Å². The van der Waals surface area contributed by atoms with E-state index in [4.69, 9.17) is 5.41 Å². The van der Waals surface area contributed by atoms with Crippen molar-refractivity contribution in [2.45, 2.75) is 13.3 Å². The molecule has 0 spiro atoms. The Morgan fingerprint density at radius 2 is 1.93 bits per heavy atom. The Labute approximate surface area is 86.4 Å². The quantitative estimate of drug-likeness (QED) is 0.371. The van der Waals surface area contributed by atoms with Crippen molar-refractivity contribution in [1.29, 1.82) is 5.41 Å². The first kappa shape index (κ1) is 12.4. The number of hydrogen-bond acceptors (Lipinski definition) is 1. The molecule has 0 aliphatic heterocycles. The Morgan fingerprint density at radius 1 is 1.29 bits per heavy atom. The van der Waals surface area contributed by atoms with Gasteiger partial charge in [0.25, 0.3) is 0 Å². The summed E-state index contributed by atoms with van der Waals surface area (Å²) in [6, 6.07) is 0. The zero-order valence-electron chi connectivity index (χ0n) is 8.72. The number of allylic oxidation sites excluding steroid dienone is 7. The maximum absolute atomic E-state index is 7.11. The Bertz CT molecular complexity index is 303. The minimum atomic E-state index is 0.720. The molecule has 1 heteroatoms. The Kier molecular flexibility index (Phi) is 6.04. The third-order valence-electron chi connectivity index (χ3n) is 1.82. The zero-order chi connectivity index (χ0) is 11.0. The van der Waals surface area contributed by atoms with Gasteiger partial charge in [-0.05, 0) is 24.5 Å². The second-order valence-corrected chi connectivity index (χ2v) is 2.97. The first-order valence-corrected chi connectivity index (χ1v) is 4.46. The monoisotopic (exact) mass is 187 g/mol. The molecule has 0 radical (unpaired) electrons. The van der Waals surface area contributed by atoms with Crippen molar-refractivity contribution in [2.24, 2.45) is 0 Å². The van der Waals surface area contributed by atoms with Gasteiger partial charge in [0.05, 0.1) is 0 Å². The minimum absolute atomic E-state index is 0.720. The van der Waals surface area contributed by atoms with Crippen LogP contribution in [0.15, 0.2) is 60.8 Å². The maximum atomic E-state index is 7.11. The average Bonchev–Trinajstić information content (AvgIpc) is 2.22. The standard InChI is InChI=1S/C13H17N/c1-5-7-13(12(4)10-14)9-8-11(3)6-2/h5-6,8-10,14H,1-2,4,7H2,3H3/b11-8-,13-9-,14-10?. The minimum Gasteiger partial charge on any atom is -0.308 e. The highest BCUT2D eigenvalue weighted by Gasteiger charge is 1.95. The molecule has 0 atom stereocenters. The molecule has 0 aromatic heterocycles. The van der Waals surface area contributed by atoms with Crippen molar-refractivity contribution >= 4 is 6.21 Å². The second kappa shape index (κ2) is 6.84. The van der Waals surface area contributed by atoms with E-state index in [2.05, 4.69) is 19.7 Å². The molecular weight excluding hydrogens is 170 g/mol. The Balaban J connectivity index is 4.80. The van der Waals surface area contributed by atoms with E-state index in [1.165, 1.54) is 6.21 Å². The fraction of sp³-hybridized carbons (Fsp3) is 0.154. The summed E-state index contributed by atoms with van der Waals surface area (Å²) in [5.41, 5.74) is 2.82. The van der Waals surface area contributed by atoms with E-state index < -0.39 is 0 Å². The number of rotatable bonds is 6. The number of nitrogens with one attached hydrogen (secondary N) is 1. The van der Waals surface area contributed by atoms with Crippen molar-refractivity contribution in [2.75, 3.05) is 0 Å². The van der Waals surface area contributed by atoms with E-state index in [9.17, 15) is 0 Å². The lowest BCUT2D eigenvalue weighted by Gasteiger charge is -2.01. The Morgan fingerprint density at radius 3 is 2.36 bits per heavy atom. The van der Waals surface area contributed by atoms with Crippen LogP contribution in [-0.4, -0.2) is 6.21 Å². The molecule has 0 heterocycles. The summed E-state index contributed by atoms with van der Waals surface area (Å²) >= 11 is 0. The van der Waals surface area contributed by atoms with Crippen LogP contribution in [0.2, 0.25) is 0 Å². The molecule has 0 bridgehead atoms. The topological polar surface area (TPSA) is 23.9 Å². The zero-order valence-corrected chi connectivity index (χ0v) is 8.72. The first-order chi connectivity index (χ1) is 6.65. The number of hydrogen-bond donors (Lipinski definition) is 1. The van der Waals surface area contributed by atoms with Crippen LogP contribution in [0.1, 0.15) is 13.3 Å². The highest BCUT2D eigenvalue weighted by atomic mass is 14.3. The Hall–Kier alpha value is -1.63. The van der Waals surface area contributed by atoms with Crippen molar-refractivity contribution in [3.05, 3.63) is 60.8 Å². The summed E-state index contributed by atoms with van der Waals surface area (Å²) in [4.78, 5) is 0. The van der Waals surface area contributed by atoms with Crippen LogP contribution in [0, 0.1) is 5.41 Å². The highest BCUT2D eigenvalue weighted by Crippen LogP contribution is 2.11. The lowest BCUT2D eigenvalue weighted by Crippen LogP contribution is -1.87. The molecule has 0 saturated heterocycles. The molecular formula is C13H17N. The van der Waals surface area contributed by atoms with Crippen molar-refractivity contribution < 1.29 is 0 Å². The molecule has 14 heavy (non-hydrogen) atoms. The van der Waals surface area contributed by atoms with Gasteiger partial charge in [-0.3, -0.25) is 0 Å². The third kappa shape index (κ3) is 4.41. The molecule has 1 nitrogen and oxygen atoms in total. The van der Waals surface area contributed by atoms with Crippen LogP contribution in [0.5, 0.6) is 0 Å². The van der Waals surface area contributed by atoms with Gasteiger partial charge in [-0.2, -0.15) is 0 Å². The molecule has 74 valence electrons. The van der Waals surface area contributed by atoms with Crippen LogP contribution in [-0.2, 0) is 0 Å². The van der Waals surface area contributed by atoms with E-state index in [0.717, 1.165) is 23.1 Å². The van der Waals surface area contributed by atoms with Gasteiger partial charge in [-0.1, -0.05) is 43.0 Å². The summed E-state index contributed by atoms with van der Waals surface area (Å²) in [6.45, 7) is 13.1. The van der Waals surface area contributed by atoms with Crippen LogP contribution >= 0.6 is 0 Å². The predicted molar refractivity (Wildman–Crippen MR) is 64.8 cm³/mol. The summed E-state index contributed by atoms with van der Waals surface area (Å²) in [7, 11) is 0. The largest absolute Gasteiger partial charge is 0.308 e. The van der Waals surface area contributed by atoms with E-state index in [1.54, 1.807) is 12.2 Å². The molecule has 1 N–H and O–H groups in total. The molecule has 0 saturated carbocycles. The smallest absolute Gasteiger partial charge is 0.0247 e. The lowest BCUT2D eigenvalue weighted by molar-refractivity contribution is 1.27. The summed E-state index contributed by atoms with van der Waals surface area (Å²) in [5.74, 6) is 0. The normalized spacial score (nSPS) is 12.1. The summed E-state index contributed by atoms with van der Waals surface area (Å²) in [6.07, 6.45) is 9.49. The third-order valence-corrected chi connectivity index (χ3v) is 1.82. The second-order valence-electron chi connectivity index (χ2n) is 2.97. The van der Waals surface area contributed by atoms with Crippen LogP contribution < -0.4 is 0 Å². The molecule has 0 aromatic rings. The van der Waals surface area contributed by atoms with Crippen LogP contribution in [0.25, 0.3) is 0 Å². The van der Waals surface area contributed by atoms with Gasteiger partial charge >= 0.3 is 0 Å². The molecule has 0 unspecified atom stereocenters. The van der Waals surface area contributed by atoms with Crippen LogP contribution in [0.3, 0.4) is 0 Å². The van der Waals surface area contributed by atoms with E-state index in [0.29, 0.717) is 0 Å². The molecule has 0 rings (SSSR count).